The normalized spacial score (nSPS) is 14.2. The van der Waals surface area contributed by atoms with Gasteiger partial charge in [-0.1, -0.05) is 17.7 Å². The van der Waals surface area contributed by atoms with Crippen molar-refractivity contribution < 1.29 is 13.9 Å². The van der Waals surface area contributed by atoms with E-state index in [1.54, 1.807) is 20.8 Å². The molecule has 0 amide bonds. The monoisotopic (exact) mass is 297 g/mol. The molecule has 5 heteroatoms. The van der Waals surface area contributed by atoms with Gasteiger partial charge >= 0.3 is 5.97 Å². The van der Waals surface area contributed by atoms with Gasteiger partial charge in [-0.15, -0.1) is 0 Å². The van der Waals surface area contributed by atoms with Crippen molar-refractivity contribution in [3.05, 3.63) is 34.6 Å². The summed E-state index contributed by atoms with van der Waals surface area (Å²) < 4.78 is 19.1. The Balaban J connectivity index is 3.11. The van der Waals surface area contributed by atoms with E-state index in [0.29, 0.717) is 0 Å². The summed E-state index contributed by atoms with van der Waals surface area (Å²) in [5.74, 6) is -1.18. The maximum absolute atomic E-state index is 13.9. The molecule has 1 rings (SSSR count). The fraction of sp³-hybridized carbons (Fsp3) is 0.467. The number of esters is 1. The summed E-state index contributed by atoms with van der Waals surface area (Å²) >= 11 is 5.97. The van der Waals surface area contributed by atoms with Crippen LogP contribution in [-0.4, -0.2) is 11.6 Å². The van der Waals surface area contributed by atoms with Crippen molar-refractivity contribution in [1.82, 2.24) is 0 Å². The van der Waals surface area contributed by atoms with Gasteiger partial charge < -0.3 is 4.74 Å². The number of halogens is 2. The van der Waals surface area contributed by atoms with Gasteiger partial charge in [0.2, 0.25) is 0 Å². The number of nitrogens with zero attached hydrogens (tertiary/aromatic N) is 1. The van der Waals surface area contributed by atoms with Crippen molar-refractivity contribution in [2.24, 2.45) is 0 Å². The van der Waals surface area contributed by atoms with Crippen LogP contribution in [0.2, 0.25) is 5.02 Å². The first kappa shape index (κ1) is 16.5. The van der Waals surface area contributed by atoms with E-state index >= 15 is 0 Å². The third-order valence-electron chi connectivity index (χ3n) is 2.68. The summed E-state index contributed by atoms with van der Waals surface area (Å²) in [6.45, 7) is 6.65. The number of hydrogen-bond donors (Lipinski definition) is 0. The van der Waals surface area contributed by atoms with Crippen LogP contribution < -0.4 is 0 Å². The van der Waals surface area contributed by atoms with Crippen LogP contribution >= 0.6 is 11.6 Å². The van der Waals surface area contributed by atoms with Crippen molar-refractivity contribution in [3.63, 3.8) is 0 Å². The third-order valence-corrected chi connectivity index (χ3v) is 2.99. The molecule has 1 aromatic carbocycles. The Hall–Kier alpha value is -1.60. The van der Waals surface area contributed by atoms with Crippen LogP contribution in [0, 0.1) is 17.1 Å². The Labute approximate surface area is 123 Å². The second-order valence-corrected chi connectivity index (χ2v) is 6.21. The quantitative estimate of drug-likeness (QED) is 0.793. The van der Waals surface area contributed by atoms with Crippen LogP contribution in [0.3, 0.4) is 0 Å². The fourth-order valence-corrected chi connectivity index (χ4v) is 2.25. The molecule has 0 aliphatic carbocycles. The van der Waals surface area contributed by atoms with E-state index in [2.05, 4.69) is 0 Å². The number of carbonyl (C=O) groups is 1. The second-order valence-electron chi connectivity index (χ2n) is 5.80. The molecule has 0 saturated carbocycles. The van der Waals surface area contributed by atoms with Crippen LogP contribution in [-0.2, 0) is 14.9 Å². The molecular formula is C15H17ClFNO2. The third kappa shape index (κ3) is 3.94. The molecule has 108 valence electrons. The molecule has 1 aromatic rings. The maximum atomic E-state index is 13.9. The molecule has 0 spiro atoms. The first-order chi connectivity index (χ1) is 9.09. The average molecular weight is 298 g/mol. The average Bonchev–Trinajstić information content (AvgIpc) is 2.25. The molecule has 1 unspecified atom stereocenters. The topological polar surface area (TPSA) is 50.1 Å². The molecule has 0 heterocycles. The zero-order chi connectivity index (χ0) is 15.6. The second kappa shape index (κ2) is 5.80. The summed E-state index contributed by atoms with van der Waals surface area (Å²) in [6, 6.07) is 6.12. The Morgan fingerprint density at radius 3 is 2.45 bits per heavy atom. The SMILES string of the molecule is CC(C)(C)OC(=O)CC(C)(C#N)c1c(F)cccc1Cl. The van der Waals surface area contributed by atoms with Crippen LogP contribution in [0.1, 0.15) is 39.7 Å². The van der Waals surface area contributed by atoms with Crippen molar-refractivity contribution in [3.8, 4) is 6.07 Å². The number of nitriles is 1. The largest absolute Gasteiger partial charge is 0.460 e. The highest BCUT2D eigenvalue weighted by Crippen LogP contribution is 2.35. The van der Waals surface area contributed by atoms with Crippen LogP contribution in [0.4, 0.5) is 4.39 Å². The van der Waals surface area contributed by atoms with Crippen LogP contribution in [0.25, 0.3) is 0 Å². The molecule has 3 nitrogen and oxygen atoms in total. The predicted octanol–water partition coefficient (Wildman–Crippen LogP) is 3.99. The molecule has 0 saturated heterocycles. The van der Waals surface area contributed by atoms with Crippen LogP contribution in [0.15, 0.2) is 18.2 Å². The molecule has 0 N–H and O–H groups in total. The molecule has 0 aromatic heterocycles. The fourth-order valence-electron chi connectivity index (χ4n) is 1.88. The van der Waals surface area contributed by atoms with Gasteiger partial charge in [0.15, 0.2) is 0 Å². The first-order valence-electron chi connectivity index (χ1n) is 6.17. The Kier molecular flexibility index (Phi) is 4.77. The minimum atomic E-state index is -1.37. The van der Waals surface area contributed by atoms with E-state index in [4.69, 9.17) is 16.3 Å². The standard InChI is InChI=1S/C15H17ClFNO2/c1-14(2,3)20-12(19)8-15(4,9-18)13-10(16)6-5-7-11(13)17/h5-7H,8H2,1-4H3. The highest BCUT2D eigenvalue weighted by Gasteiger charge is 2.36. The van der Waals surface area contributed by atoms with Gasteiger partial charge in [0.25, 0.3) is 0 Å². The van der Waals surface area contributed by atoms with E-state index in [0.717, 1.165) is 0 Å². The summed E-state index contributed by atoms with van der Waals surface area (Å²) in [7, 11) is 0. The molecule has 20 heavy (non-hydrogen) atoms. The first-order valence-corrected chi connectivity index (χ1v) is 6.54. The Morgan fingerprint density at radius 2 is 2.00 bits per heavy atom. The molecular weight excluding hydrogens is 281 g/mol. The smallest absolute Gasteiger partial charge is 0.308 e. The molecule has 0 aliphatic rings. The number of hydrogen-bond acceptors (Lipinski definition) is 3. The molecule has 0 radical (unpaired) electrons. The molecule has 0 aliphatic heterocycles. The van der Waals surface area contributed by atoms with Crippen LogP contribution in [0.5, 0.6) is 0 Å². The Bertz CT molecular complexity index is 540. The number of benzene rings is 1. The van der Waals surface area contributed by atoms with E-state index < -0.39 is 22.8 Å². The lowest BCUT2D eigenvalue weighted by Crippen LogP contribution is -2.31. The van der Waals surface area contributed by atoms with Gasteiger partial charge in [-0.05, 0) is 39.8 Å². The van der Waals surface area contributed by atoms with Crippen molar-refractivity contribution in [2.75, 3.05) is 0 Å². The predicted molar refractivity (Wildman–Crippen MR) is 74.8 cm³/mol. The van der Waals surface area contributed by atoms with Crippen molar-refractivity contribution >= 4 is 17.6 Å². The molecule has 0 bridgehead atoms. The lowest BCUT2D eigenvalue weighted by molar-refractivity contribution is -0.155. The van der Waals surface area contributed by atoms with Gasteiger partial charge in [-0.2, -0.15) is 5.26 Å². The lowest BCUT2D eigenvalue weighted by Gasteiger charge is -2.26. The maximum Gasteiger partial charge on any atom is 0.308 e. The zero-order valence-corrected chi connectivity index (χ0v) is 12.7. The summed E-state index contributed by atoms with van der Waals surface area (Å²) in [5, 5.41) is 9.47. The minimum absolute atomic E-state index is 0.0232. The highest BCUT2D eigenvalue weighted by atomic mass is 35.5. The highest BCUT2D eigenvalue weighted by molar-refractivity contribution is 6.31. The number of carbonyl (C=O) groups excluding carboxylic acids is 1. The number of ether oxygens (including phenoxy) is 1. The molecule has 1 atom stereocenters. The number of rotatable bonds is 3. The van der Waals surface area contributed by atoms with E-state index in [9.17, 15) is 14.4 Å². The molecule has 0 fully saturated rings. The van der Waals surface area contributed by atoms with E-state index in [1.165, 1.54) is 25.1 Å². The van der Waals surface area contributed by atoms with Crippen molar-refractivity contribution in [1.29, 1.82) is 5.26 Å². The summed E-state index contributed by atoms with van der Waals surface area (Å²) in [5.41, 5.74) is -2.01. The zero-order valence-electron chi connectivity index (χ0n) is 12.0. The minimum Gasteiger partial charge on any atom is -0.460 e. The van der Waals surface area contributed by atoms with Gasteiger partial charge in [0, 0.05) is 10.6 Å². The van der Waals surface area contributed by atoms with E-state index in [1.807, 2.05) is 6.07 Å². The van der Waals surface area contributed by atoms with E-state index in [-0.39, 0.29) is 17.0 Å². The summed E-state index contributed by atoms with van der Waals surface area (Å²) in [4.78, 5) is 11.9. The lowest BCUT2D eigenvalue weighted by atomic mass is 9.80. The van der Waals surface area contributed by atoms with Gasteiger partial charge in [-0.3, -0.25) is 4.79 Å². The summed E-state index contributed by atoms with van der Waals surface area (Å²) in [6.07, 6.45) is -0.262. The van der Waals surface area contributed by atoms with Crippen molar-refractivity contribution in [2.45, 2.75) is 45.1 Å². The Morgan fingerprint density at radius 1 is 1.40 bits per heavy atom. The van der Waals surface area contributed by atoms with Gasteiger partial charge in [0.1, 0.15) is 11.4 Å². The van der Waals surface area contributed by atoms with Gasteiger partial charge in [0.05, 0.1) is 17.9 Å². The van der Waals surface area contributed by atoms with Gasteiger partial charge in [-0.25, -0.2) is 4.39 Å².